The van der Waals surface area contributed by atoms with E-state index < -0.39 is 0 Å². The number of benzene rings is 2. The van der Waals surface area contributed by atoms with E-state index in [1.54, 1.807) is 44.6 Å². The van der Waals surface area contributed by atoms with Crippen molar-refractivity contribution in [2.75, 3.05) is 24.9 Å². The van der Waals surface area contributed by atoms with Crippen LogP contribution in [0.15, 0.2) is 36.4 Å². The zero-order valence-electron chi connectivity index (χ0n) is 12.6. The van der Waals surface area contributed by atoms with E-state index in [1.807, 2.05) is 13.0 Å². The van der Waals surface area contributed by atoms with Crippen LogP contribution in [0.5, 0.6) is 11.5 Å². The van der Waals surface area contributed by atoms with Gasteiger partial charge in [0.05, 0.1) is 14.2 Å². The van der Waals surface area contributed by atoms with Crippen LogP contribution in [-0.2, 0) is 0 Å². The normalized spacial score (nSPS) is 10.0. The van der Waals surface area contributed by atoms with E-state index in [4.69, 9.17) is 21.1 Å². The van der Waals surface area contributed by atoms with Crippen LogP contribution in [0.3, 0.4) is 0 Å². The van der Waals surface area contributed by atoms with Crippen molar-refractivity contribution in [2.24, 2.45) is 0 Å². The quantitative estimate of drug-likeness (QED) is 0.882. The Morgan fingerprint density at radius 1 is 1.00 bits per heavy atom. The van der Waals surface area contributed by atoms with Crippen molar-refractivity contribution in [3.63, 3.8) is 0 Å². The Morgan fingerprint density at radius 2 is 1.64 bits per heavy atom. The SMILES string of the molecule is COc1cc(NC(=O)Nc2cc(Cl)ccc2C)cc(OC)c1. The maximum Gasteiger partial charge on any atom is 0.323 e. The number of halogens is 1. The van der Waals surface area contributed by atoms with Crippen molar-refractivity contribution in [1.29, 1.82) is 0 Å². The summed E-state index contributed by atoms with van der Waals surface area (Å²) >= 11 is 5.93. The Kier molecular flexibility index (Phi) is 5.12. The molecule has 0 aromatic heterocycles. The molecule has 0 fully saturated rings. The van der Waals surface area contributed by atoms with Crippen molar-refractivity contribution in [2.45, 2.75) is 6.92 Å². The topological polar surface area (TPSA) is 59.6 Å². The number of carbonyl (C=O) groups excluding carboxylic acids is 1. The van der Waals surface area contributed by atoms with Crippen LogP contribution < -0.4 is 20.1 Å². The maximum absolute atomic E-state index is 12.1. The van der Waals surface area contributed by atoms with Crippen molar-refractivity contribution in [3.8, 4) is 11.5 Å². The highest BCUT2D eigenvalue weighted by molar-refractivity contribution is 6.31. The molecule has 0 aliphatic rings. The summed E-state index contributed by atoms with van der Waals surface area (Å²) in [5, 5.41) is 6.05. The lowest BCUT2D eigenvalue weighted by Crippen LogP contribution is -2.20. The Hall–Kier alpha value is -2.40. The van der Waals surface area contributed by atoms with Gasteiger partial charge < -0.3 is 20.1 Å². The summed E-state index contributed by atoms with van der Waals surface area (Å²) in [6.07, 6.45) is 0. The molecule has 0 saturated carbocycles. The fourth-order valence-corrected chi connectivity index (χ4v) is 2.07. The minimum absolute atomic E-state index is 0.374. The van der Waals surface area contributed by atoms with Gasteiger partial charge in [-0.1, -0.05) is 17.7 Å². The number of anilines is 2. The molecule has 0 aliphatic carbocycles. The first-order chi connectivity index (χ1) is 10.5. The summed E-state index contributed by atoms with van der Waals surface area (Å²) in [6.45, 7) is 1.89. The largest absolute Gasteiger partial charge is 0.497 e. The number of carbonyl (C=O) groups is 1. The van der Waals surface area contributed by atoms with Gasteiger partial charge in [-0.15, -0.1) is 0 Å². The van der Waals surface area contributed by atoms with Crippen molar-refractivity contribution < 1.29 is 14.3 Å². The van der Waals surface area contributed by atoms with Gasteiger partial charge in [-0.05, 0) is 24.6 Å². The molecule has 2 aromatic carbocycles. The first-order valence-corrected chi connectivity index (χ1v) is 6.97. The molecule has 116 valence electrons. The van der Waals surface area contributed by atoms with E-state index in [-0.39, 0.29) is 6.03 Å². The second-order valence-electron chi connectivity index (χ2n) is 4.64. The van der Waals surface area contributed by atoms with Gasteiger partial charge in [0.2, 0.25) is 0 Å². The molecule has 2 amide bonds. The number of methoxy groups -OCH3 is 2. The van der Waals surface area contributed by atoms with E-state index in [9.17, 15) is 4.79 Å². The average Bonchev–Trinajstić information content (AvgIpc) is 2.50. The van der Waals surface area contributed by atoms with Gasteiger partial charge in [0.1, 0.15) is 11.5 Å². The van der Waals surface area contributed by atoms with E-state index in [0.29, 0.717) is 27.9 Å². The minimum Gasteiger partial charge on any atom is -0.497 e. The Bertz CT molecular complexity index is 667. The van der Waals surface area contributed by atoms with Crippen LogP contribution in [0.2, 0.25) is 5.02 Å². The lowest BCUT2D eigenvalue weighted by molar-refractivity contribution is 0.262. The van der Waals surface area contributed by atoms with Crippen LogP contribution in [0.1, 0.15) is 5.56 Å². The summed E-state index contributed by atoms with van der Waals surface area (Å²) < 4.78 is 10.3. The predicted molar refractivity (Wildman–Crippen MR) is 88.4 cm³/mol. The zero-order valence-corrected chi connectivity index (χ0v) is 13.3. The highest BCUT2D eigenvalue weighted by Gasteiger charge is 2.08. The highest BCUT2D eigenvalue weighted by Crippen LogP contribution is 2.26. The molecule has 2 rings (SSSR count). The second kappa shape index (κ2) is 7.04. The summed E-state index contributed by atoms with van der Waals surface area (Å²) in [4.78, 5) is 12.1. The molecule has 0 heterocycles. The van der Waals surface area contributed by atoms with Crippen LogP contribution in [0.25, 0.3) is 0 Å². The lowest BCUT2D eigenvalue weighted by atomic mass is 10.2. The van der Waals surface area contributed by atoms with Gasteiger partial charge in [-0.3, -0.25) is 0 Å². The van der Waals surface area contributed by atoms with Crippen molar-refractivity contribution >= 4 is 29.0 Å². The molecule has 0 radical (unpaired) electrons. The fraction of sp³-hybridized carbons (Fsp3) is 0.188. The number of aryl methyl sites for hydroxylation is 1. The number of rotatable bonds is 4. The number of hydrogen-bond acceptors (Lipinski definition) is 3. The van der Waals surface area contributed by atoms with Crippen LogP contribution >= 0.6 is 11.6 Å². The molecule has 0 unspecified atom stereocenters. The minimum atomic E-state index is -0.374. The van der Waals surface area contributed by atoms with Crippen molar-refractivity contribution in [1.82, 2.24) is 0 Å². The Morgan fingerprint density at radius 3 is 2.23 bits per heavy atom. The Balaban J connectivity index is 2.13. The molecule has 5 nitrogen and oxygen atoms in total. The van der Waals surface area contributed by atoms with Gasteiger partial charge in [0.25, 0.3) is 0 Å². The van der Waals surface area contributed by atoms with Crippen LogP contribution in [0.4, 0.5) is 16.2 Å². The number of hydrogen-bond donors (Lipinski definition) is 2. The average molecular weight is 321 g/mol. The molecule has 6 heteroatoms. The molecule has 0 bridgehead atoms. The molecule has 2 N–H and O–H groups in total. The standard InChI is InChI=1S/C16H17ClN2O3/c1-10-4-5-11(17)6-15(10)19-16(20)18-12-7-13(21-2)9-14(8-12)22-3/h4-9H,1-3H3,(H2,18,19,20). The third-order valence-corrected chi connectivity index (χ3v) is 3.29. The molecular formula is C16H17ClN2O3. The molecule has 0 aliphatic heterocycles. The number of nitrogens with one attached hydrogen (secondary N) is 2. The molecule has 0 spiro atoms. The first kappa shape index (κ1) is 16.0. The highest BCUT2D eigenvalue weighted by atomic mass is 35.5. The third-order valence-electron chi connectivity index (χ3n) is 3.06. The van der Waals surface area contributed by atoms with Gasteiger partial charge in [0.15, 0.2) is 0 Å². The van der Waals surface area contributed by atoms with Crippen LogP contribution in [-0.4, -0.2) is 20.3 Å². The monoisotopic (exact) mass is 320 g/mol. The van der Waals surface area contributed by atoms with E-state index in [2.05, 4.69) is 10.6 Å². The molecule has 2 aromatic rings. The Labute approximate surface area is 134 Å². The summed E-state index contributed by atoms with van der Waals surface area (Å²) in [5.41, 5.74) is 2.14. The van der Waals surface area contributed by atoms with Gasteiger partial charge >= 0.3 is 6.03 Å². The smallest absolute Gasteiger partial charge is 0.323 e. The van der Waals surface area contributed by atoms with E-state index in [1.165, 1.54) is 0 Å². The zero-order chi connectivity index (χ0) is 16.1. The maximum atomic E-state index is 12.1. The number of amides is 2. The second-order valence-corrected chi connectivity index (χ2v) is 5.08. The lowest BCUT2D eigenvalue weighted by Gasteiger charge is -2.12. The molecule has 22 heavy (non-hydrogen) atoms. The molecule has 0 atom stereocenters. The number of ether oxygens (including phenoxy) is 2. The van der Waals surface area contributed by atoms with Gasteiger partial charge in [-0.25, -0.2) is 4.79 Å². The summed E-state index contributed by atoms with van der Waals surface area (Å²) in [7, 11) is 3.10. The van der Waals surface area contributed by atoms with Crippen LogP contribution in [0, 0.1) is 6.92 Å². The van der Waals surface area contributed by atoms with Crippen molar-refractivity contribution in [3.05, 3.63) is 47.0 Å². The molecular weight excluding hydrogens is 304 g/mol. The fourth-order valence-electron chi connectivity index (χ4n) is 1.89. The first-order valence-electron chi connectivity index (χ1n) is 6.59. The summed E-state index contributed by atoms with van der Waals surface area (Å²) in [5.74, 6) is 1.18. The van der Waals surface area contributed by atoms with Gasteiger partial charge in [0, 0.05) is 34.6 Å². The number of urea groups is 1. The predicted octanol–water partition coefficient (Wildman–Crippen LogP) is 4.31. The van der Waals surface area contributed by atoms with E-state index >= 15 is 0 Å². The summed E-state index contributed by atoms with van der Waals surface area (Å²) in [6, 6.07) is 10.1. The van der Waals surface area contributed by atoms with Gasteiger partial charge in [-0.2, -0.15) is 0 Å². The third kappa shape index (κ3) is 4.05. The van der Waals surface area contributed by atoms with E-state index in [0.717, 1.165) is 5.56 Å². The molecule has 0 saturated heterocycles.